The van der Waals surface area contributed by atoms with E-state index in [1.165, 1.54) is 11.3 Å². The summed E-state index contributed by atoms with van der Waals surface area (Å²) in [6.45, 7) is 0.567. The topological polar surface area (TPSA) is 296 Å². The minimum Gasteiger partial charge on any atom is -0.480 e. The molecule has 2 rings (SSSR count). The Morgan fingerprint density at radius 3 is 1.59 bits per heavy atom. The molecule has 1 saturated heterocycles. The molecule has 2 atom stereocenters. The summed E-state index contributed by atoms with van der Waals surface area (Å²) in [6.07, 6.45) is 14.3. The molecule has 1 amide bonds. The Hall–Kier alpha value is -1.40. The number of rotatable bonds is 37. The third kappa shape index (κ3) is 29.8. The van der Waals surface area contributed by atoms with E-state index in [2.05, 4.69) is 19.2 Å². The number of ether oxygens (including phenoxy) is 2. The molecule has 1 saturated carbocycles. The molecule has 1 aliphatic carbocycles. The number of unbranched alkanes of at least 4 members (excludes halogenated alkanes) is 12. The first-order chi connectivity index (χ1) is 31.9. The van der Waals surface area contributed by atoms with Crippen molar-refractivity contribution in [1.82, 2.24) is 20.0 Å². The molecule has 2 unspecified atom stereocenters. The van der Waals surface area contributed by atoms with Crippen molar-refractivity contribution in [2.75, 3.05) is 78.7 Å². The largest absolute Gasteiger partial charge is 3.00 e. The van der Waals surface area contributed by atoms with E-state index in [1.807, 2.05) is 0 Å². The molecule has 0 spiro atoms. The molecule has 2 fully saturated rings. The molecule has 391 valence electrons. The van der Waals surface area contributed by atoms with Crippen molar-refractivity contribution in [3.8, 4) is 0 Å². The number of carbonyl (C=O) groups is 7. The van der Waals surface area contributed by atoms with Crippen molar-refractivity contribution in [2.24, 2.45) is 11.8 Å². The third-order valence-corrected chi connectivity index (χ3v) is 13.3. The predicted octanol–water partition coefficient (Wildman–Crippen LogP) is 1.78. The average molecular weight is 1160 g/mol. The number of nitrogens with one attached hydrogen (secondary N) is 1. The van der Waals surface area contributed by atoms with Crippen LogP contribution in [0.4, 0.5) is 0 Å². The summed E-state index contributed by atoms with van der Waals surface area (Å²) in [5, 5.41) is 41.7. The van der Waals surface area contributed by atoms with E-state index in [-0.39, 0.29) is 135 Å². The molecule has 1 aliphatic heterocycles. The predicted molar refractivity (Wildman–Crippen MR) is 244 cm³/mol. The first-order valence-electron chi connectivity index (χ1n) is 24.2. The molecule has 21 nitrogen and oxygen atoms in total. The van der Waals surface area contributed by atoms with Gasteiger partial charge in [-0.25, -0.2) is 4.57 Å². The quantitative estimate of drug-likeness (QED) is 0.0224. The number of nitrogens with zero attached hydrogens (tertiary/aromatic N) is 3. The number of carboxylic acids is 4. The van der Waals surface area contributed by atoms with E-state index in [0.717, 1.165) is 70.6 Å². The van der Waals surface area contributed by atoms with Crippen LogP contribution in [0.1, 0.15) is 142 Å². The van der Waals surface area contributed by atoms with Gasteiger partial charge in [0.15, 0.2) is 6.10 Å². The number of aliphatic carboxylic acids is 4. The zero-order valence-electron chi connectivity index (χ0n) is 41.1. The van der Waals surface area contributed by atoms with E-state index in [9.17, 15) is 63.4 Å². The Balaban J connectivity index is 0.0000231. The maximum absolute atomic E-state index is 13.3. The molecule has 1 heterocycles. The van der Waals surface area contributed by atoms with Gasteiger partial charge in [-0.3, -0.25) is 57.3 Å². The molecule has 24 heteroatoms. The van der Waals surface area contributed by atoms with Gasteiger partial charge in [-0.05, 0) is 44.4 Å². The molecule has 0 bridgehead atoms. The fraction of sp³-hybridized carbons (Fsp3) is 0.844. The molecule has 69 heavy (non-hydrogen) atoms. The Labute approximate surface area is 461 Å². The summed E-state index contributed by atoms with van der Waals surface area (Å²) in [6, 6.07) is 0. The van der Waals surface area contributed by atoms with Crippen molar-refractivity contribution in [3.63, 3.8) is 0 Å². The van der Waals surface area contributed by atoms with Crippen LogP contribution in [0.5, 0.6) is 0 Å². The van der Waals surface area contributed by atoms with Gasteiger partial charge >= 0.3 is 113 Å². The number of hydrogen-bond donors (Lipinski definition) is 6. The summed E-state index contributed by atoms with van der Waals surface area (Å²) in [7, 11) is -4.75. The number of amides is 1. The first-order valence-corrected chi connectivity index (χ1v) is 25.7. The molecule has 0 aromatic heterocycles. The number of carboxylic acid groups (broad SMARTS) is 4. The number of esters is 2. The van der Waals surface area contributed by atoms with Crippen molar-refractivity contribution in [2.45, 2.75) is 154 Å². The maximum atomic E-state index is 13.3. The van der Waals surface area contributed by atoms with Crippen LogP contribution in [-0.4, -0.2) is 172 Å². The minimum absolute atomic E-state index is 0. The Morgan fingerprint density at radius 1 is 0.667 bits per heavy atom. The van der Waals surface area contributed by atoms with Crippen LogP contribution < -0.4 is 34.9 Å². The monoisotopic (exact) mass is 1160 g/mol. The van der Waals surface area contributed by atoms with Gasteiger partial charge in [0.25, 0.3) is 0 Å². The van der Waals surface area contributed by atoms with Gasteiger partial charge in [0.2, 0.25) is 5.91 Å². The van der Waals surface area contributed by atoms with Crippen LogP contribution in [-0.2, 0) is 56.6 Å². The number of carbonyl (C=O) groups excluding carboxylic acids is 3. The van der Waals surface area contributed by atoms with Crippen molar-refractivity contribution < 1.29 is 151 Å². The Kier molecular flexibility index (Phi) is 37.4. The van der Waals surface area contributed by atoms with Gasteiger partial charge in [0.1, 0.15) is 6.61 Å². The van der Waals surface area contributed by atoms with Crippen LogP contribution in [0.25, 0.3) is 0 Å². The van der Waals surface area contributed by atoms with Gasteiger partial charge in [-0.1, -0.05) is 90.9 Å². The standard InChI is InChI=1S/C45H79N4O17P.Gd.Na/c1-3-5-7-9-11-13-15-17-42(58)63-31-37(66-43(59)18-16-14-12-10-8-6-4-2)32-65-67(61,62)64-26-23-46-44(60)35-19-21-36(22-20-35)45(49(29-40(54)55)30-41(56)57)33-47(27-38(50)51)24-25-48(34-45)28-39(52)53;;/h35-37H,3-34H2,1-2H3,(H,46,60)(H,50,51)(H,52,53)(H,54,55)(H,56,57)(H,61,62);;/q;+3;+1. The van der Waals surface area contributed by atoms with E-state index in [1.54, 1.807) is 9.80 Å². The molecule has 6 N–H and O–H groups in total. The molecular weight excluding hydrogens is 1080 g/mol. The van der Waals surface area contributed by atoms with Gasteiger partial charge in [-0.2, -0.15) is 0 Å². The van der Waals surface area contributed by atoms with Gasteiger partial charge in [0.05, 0.1) is 44.9 Å². The van der Waals surface area contributed by atoms with Crippen LogP contribution in [0, 0.1) is 51.8 Å². The van der Waals surface area contributed by atoms with Gasteiger partial charge < -0.3 is 40.1 Å². The summed E-state index contributed by atoms with van der Waals surface area (Å²) < 4.78 is 34.0. The van der Waals surface area contributed by atoms with Crippen molar-refractivity contribution in [3.05, 3.63) is 0 Å². The first kappa shape index (κ1) is 67.6. The number of phosphoric ester groups is 1. The third-order valence-electron chi connectivity index (χ3n) is 12.4. The molecule has 2 aliphatic rings. The van der Waals surface area contributed by atoms with E-state index >= 15 is 0 Å². The zero-order chi connectivity index (χ0) is 49.7. The van der Waals surface area contributed by atoms with Crippen LogP contribution in [0.2, 0.25) is 0 Å². The number of hydrogen-bond acceptors (Lipinski definition) is 15. The fourth-order valence-electron chi connectivity index (χ4n) is 8.99. The second-order valence-corrected chi connectivity index (χ2v) is 19.4. The van der Waals surface area contributed by atoms with Crippen LogP contribution >= 0.6 is 7.82 Å². The minimum atomic E-state index is -4.75. The second-order valence-electron chi connectivity index (χ2n) is 17.9. The Morgan fingerprint density at radius 2 is 1.13 bits per heavy atom. The fourth-order valence-corrected chi connectivity index (χ4v) is 9.74. The van der Waals surface area contributed by atoms with Crippen LogP contribution in [0.15, 0.2) is 0 Å². The average Bonchev–Trinajstić information content (AvgIpc) is 3.43. The van der Waals surface area contributed by atoms with Crippen molar-refractivity contribution in [1.29, 1.82) is 0 Å². The van der Waals surface area contributed by atoms with E-state index in [0.29, 0.717) is 25.7 Å². The smallest absolute Gasteiger partial charge is 0.480 e. The zero-order valence-corrected chi connectivity index (χ0v) is 46.3. The molecular formula is C45H79GdN4NaO17P+4. The van der Waals surface area contributed by atoms with E-state index < -0.39 is 112 Å². The SMILES string of the molecule is CCCCCCCCCC(=O)OCC(COP(=O)(O)OCCNC(=O)C1CCC(C2(N(CC(=O)O)CC(=O)O)CN(CC(=O)O)CCN(CC(=O)O)C2)CC1)OC(=O)CCCCCCCCC.[Gd+3].[Na+]. The normalized spacial score (nSPS) is 18.6. The molecule has 1 radical (unpaired) electrons. The molecule has 0 aromatic rings. The summed E-state index contributed by atoms with van der Waals surface area (Å²) in [5.41, 5.74) is -1.31. The summed E-state index contributed by atoms with van der Waals surface area (Å²) in [5.74, 6) is -7.42. The number of phosphoric acid groups is 1. The van der Waals surface area contributed by atoms with Gasteiger partial charge in [-0.15, -0.1) is 0 Å². The van der Waals surface area contributed by atoms with E-state index in [4.69, 9.17) is 18.5 Å². The molecule has 0 aromatic carbocycles. The van der Waals surface area contributed by atoms with Crippen molar-refractivity contribution >= 4 is 49.5 Å². The second kappa shape index (κ2) is 38.2. The maximum Gasteiger partial charge on any atom is 3.00 e. The van der Waals surface area contributed by atoms with Crippen LogP contribution in [0.3, 0.4) is 0 Å². The summed E-state index contributed by atoms with van der Waals surface area (Å²) >= 11 is 0. The van der Waals surface area contributed by atoms with Gasteiger partial charge in [0, 0.05) is 51.5 Å². The summed E-state index contributed by atoms with van der Waals surface area (Å²) in [4.78, 5) is 101. The Bertz CT molecular complexity index is 1550.